The van der Waals surface area contributed by atoms with Crippen LogP contribution in [0.1, 0.15) is 23.2 Å². The first-order chi connectivity index (χ1) is 15.8. The SMILES string of the molecule is COc1cc(NC(=O)COC(=O)c2cccc(S(=O)(=O)N3CCCC3)c2)cc(OC)c1OC. The van der Waals surface area contributed by atoms with Gasteiger partial charge in [-0.15, -0.1) is 0 Å². The van der Waals surface area contributed by atoms with Crippen LogP contribution in [0.3, 0.4) is 0 Å². The van der Waals surface area contributed by atoms with E-state index in [1.807, 2.05) is 0 Å². The second kappa shape index (κ2) is 10.5. The second-order valence-electron chi connectivity index (χ2n) is 7.18. The average molecular weight is 479 g/mol. The fourth-order valence-corrected chi connectivity index (χ4v) is 4.99. The molecule has 0 radical (unpaired) electrons. The highest BCUT2D eigenvalue weighted by Crippen LogP contribution is 2.39. The van der Waals surface area contributed by atoms with Gasteiger partial charge in [-0.3, -0.25) is 4.79 Å². The smallest absolute Gasteiger partial charge is 0.338 e. The Morgan fingerprint density at radius 2 is 1.61 bits per heavy atom. The Bertz CT molecular complexity index is 1100. The van der Waals surface area contributed by atoms with E-state index in [2.05, 4.69) is 5.32 Å². The molecule has 1 N–H and O–H groups in total. The van der Waals surface area contributed by atoms with Gasteiger partial charge in [-0.2, -0.15) is 4.31 Å². The van der Waals surface area contributed by atoms with Gasteiger partial charge in [0, 0.05) is 30.9 Å². The van der Waals surface area contributed by atoms with Gasteiger partial charge in [-0.25, -0.2) is 13.2 Å². The summed E-state index contributed by atoms with van der Waals surface area (Å²) in [5.41, 5.74) is 0.389. The van der Waals surface area contributed by atoms with Crippen molar-refractivity contribution in [1.82, 2.24) is 4.31 Å². The molecule has 2 aromatic rings. The molecule has 10 nitrogen and oxygen atoms in total. The maximum Gasteiger partial charge on any atom is 0.338 e. The minimum absolute atomic E-state index is 0.0146. The zero-order valence-corrected chi connectivity index (χ0v) is 19.4. The van der Waals surface area contributed by atoms with E-state index >= 15 is 0 Å². The first kappa shape index (κ1) is 24.3. The third kappa shape index (κ3) is 5.55. The molecule has 2 aromatic carbocycles. The number of esters is 1. The van der Waals surface area contributed by atoms with Crippen LogP contribution < -0.4 is 19.5 Å². The summed E-state index contributed by atoms with van der Waals surface area (Å²) in [6, 6.07) is 8.66. The predicted octanol–water partition coefficient (Wildman–Crippen LogP) is 2.29. The number of anilines is 1. The van der Waals surface area contributed by atoms with E-state index < -0.39 is 28.5 Å². The monoisotopic (exact) mass is 478 g/mol. The second-order valence-corrected chi connectivity index (χ2v) is 9.12. The van der Waals surface area contributed by atoms with Gasteiger partial charge in [-0.05, 0) is 31.0 Å². The van der Waals surface area contributed by atoms with Crippen LogP contribution in [0.15, 0.2) is 41.3 Å². The maximum atomic E-state index is 12.7. The highest BCUT2D eigenvalue weighted by molar-refractivity contribution is 7.89. The lowest BCUT2D eigenvalue weighted by Crippen LogP contribution is -2.28. The number of carbonyl (C=O) groups is 2. The standard InChI is InChI=1S/C22H26N2O8S/c1-29-18-12-16(13-19(30-2)21(18)31-3)23-20(25)14-32-22(26)15-7-6-8-17(11-15)33(27,28)24-9-4-5-10-24/h6-8,11-13H,4-5,9-10,14H2,1-3H3,(H,23,25). The van der Waals surface area contributed by atoms with E-state index in [1.54, 1.807) is 0 Å². The molecule has 178 valence electrons. The molecule has 1 saturated heterocycles. The van der Waals surface area contributed by atoms with Gasteiger partial charge in [0.1, 0.15) is 0 Å². The largest absolute Gasteiger partial charge is 0.493 e. The molecular weight excluding hydrogens is 452 g/mol. The number of amides is 1. The lowest BCUT2D eigenvalue weighted by Gasteiger charge is -2.16. The Balaban J connectivity index is 1.65. The molecule has 1 aliphatic rings. The number of carbonyl (C=O) groups excluding carboxylic acids is 2. The topological polar surface area (TPSA) is 120 Å². The van der Waals surface area contributed by atoms with Gasteiger partial charge >= 0.3 is 5.97 Å². The van der Waals surface area contributed by atoms with Crippen LogP contribution in [0.5, 0.6) is 17.2 Å². The van der Waals surface area contributed by atoms with Crippen LogP contribution in [0.25, 0.3) is 0 Å². The molecule has 1 aliphatic heterocycles. The molecule has 0 spiro atoms. The number of hydrogen-bond donors (Lipinski definition) is 1. The number of sulfonamides is 1. The van der Waals surface area contributed by atoms with Crippen LogP contribution in [0.2, 0.25) is 0 Å². The lowest BCUT2D eigenvalue weighted by atomic mass is 10.2. The molecule has 1 amide bonds. The highest BCUT2D eigenvalue weighted by Gasteiger charge is 2.28. The number of benzene rings is 2. The highest BCUT2D eigenvalue weighted by atomic mass is 32.2. The van der Waals surface area contributed by atoms with Gasteiger partial charge < -0.3 is 24.3 Å². The predicted molar refractivity (Wildman–Crippen MR) is 119 cm³/mol. The summed E-state index contributed by atoms with van der Waals surface area (Å²) in [7, 11) is 0.683. The minimum Gasteiger partial charge on any atom is -0.493 e. The van der Waals surface area contributed by atoms with Crippen LogP contribution in [0, 0.1) is 0 Å². The van der Waals surface area contributed by atoms with Crippen molar-refractivity contribution < 1.29 is 37.0 Å². The molecule has 0 unspecified atom stereocenters. The summed E-state index contributed by atoms with van der Waals surface area (Å²) in [5.74, 6) is -0.347. The van der Waals surface area contributed by atoms with E-state index in [4.69, 9.17) is 18.9 Å². The van der Waals surface area contributed by atoms with Crippen LogP contribution in [-0.2, 0) is 19.6 Å². The van der Waals surface area contributed by atoms with Crippen molar-refractivity contribution in [2.75, 3.05) is 46.3 Å². The number of nitrogens with one attached hydrogen (secondary N) is 1. The van der Waals surface area contributed by atoms with Crippen LogP contribution >= 0.6 is 0 Å². The van der Waals surface area contributed by atoms with Gasteiger partial charge in [0.25, 0.3) is 5.91 Å². The van der Waals surface area contributed by atoms with E-state index in [1.165, 1.54) is 62.0 Å². The molecule has 0 bridgehead atoms. The quantitative estimate of drug-likeness (QED) is 0.545. The molecule has 1 fully saturated rings. The lowest BCUT2D eigenvalue weighted by molar-refractivity contribution is -0.119. The molecule has 33 heavy (non-hydrogen) atoms. The number of ether oxygens (including phenoxy) is 4. The van der Waals surface area contributed by atoms with Crippen molar-refractivity contribution in [1.29, 1.82) is 0 Å². The van der Waals surface area contributed by atoms with E-state index in [-0.39, 0.29) is 10.5 Å². The molecule has 1 heterocycles. The van der Waals surface area contributed by atoms with Gasteiger partial charge in [0.2, 0.25) is 15.8 Å². The van der Waals surface area contributed by atoms with Crippen molar-refractivity contribution in [3.63, 3.8) is 0 Å². The van der Waals surface area contributed by atoms with Crippen molar-refractivity contribution in [2.24, 2.45) is 0 Å². The summed E-state index contributed by atoms with van der Waals surface area (Å²) < 4.78 is 47.6. The Labute approximate surface area is 192 Å². The molecule has 0 atom stereocenters. The Morgan fingerprint density at radius 1 is 0.970 bits per heavy atom. The molecule has 0 aromatic heterocycles. The van der Waals surface area contributed by atoms with Crippen molar-refractivity contribution in [3.8, 4) is 17.2 Å². The van der Waals surface area contributed by atoms with E-state index in [0.717, 1.165) is 12.8 Å². The summed E-state index contributed by atoms with van der Waals surface area (Å²) in [6.45, 7) is 0.342. The first-order valence-electron chi connectivity index (χ1n) is 10.2. The number of nitrogens with zero attached hydrogens (tertiary/aromatic N) is 1. The van der Waals surface area contributed by atoms with Gasteiger partial charge in [-0.1, -0.05) is 6.07 Å². The average Bonchev–Trinajstić information content (AvgIpc) is 3.38. The van der Waals surface area contributed by atoms with Gasteiger partial charge in [0.15, 0.2) is 18.1 Å². The fraction of sp³-hybridized carbons (Fsp3) is 0.364. The Hall–Kier alpha value is -3.31. The molecule has 3 rings (SSSR count). The van der Waals surface area contributed by atoms with Gasteiger partial charge in [0.05, 0.1) is 31.8 Å². The minimum atomic E-state index is -3.67. The normalized spacial score (nSPS) is 13.9. The third-order valence-electron chi connectivity index (χ3n) is 5.06. The Morgan fingerprint density at radius 3 is 2.18 bits per heavy atom. The summed E-state index contributed by atoms with van der Waals surface area (Å²) in [6.07, 6.45) is 1.62. The molecule has 11 heteroatoms. The fourth-order valence-electron chi connectivity index (χ4n) is 3.43. The number of rotatable bonds is 9. The van der Waals surface area contributed by atoms with E-state index in [0.29, 0.717) is 36.0 Å². The summed E-state index contributed by atoms with van der Waals surface area (Å²) >= 11 is 0. The van der Waals surface area contributed by atoms with Crippen molar-refractivity contribution in [2.45, 2.75) is 17.7 Å². The molecular formula is C22H26N2O8S. The number of hydrogen-bond acceptors (Lipinski definition) is 8. The van der Waals surface area contributed by atoms with E-state index in [9.17, 15) is 18.0 Å². The Kier molecular flexibility index (Phi) is 7.77. The maximum absolute atomic E-state index is 12.7. The molecule has 0 saturated carbocycles. The number of methoxy groups -OCH3 is 3. The van der Waals surface area contributed by atoms with Crippen LogP contribution in [0.4, 0.5) is 5.69 Å². The van der Waals surface area contributed by atoms with Crippen molar-refractivity contribution in [3.05, 3.63) is 42.0 Å². The van der Waals surface area contributed by atoms with Crippen molar-refractivity contribution >= 4 is 27.6 Å². The zero-order chi connectivity index (χ0) is 24.0. The zero-order valence-electron chi connectivity index (χ0n) is 18.6. The van der Waals surface area contributed by atoms with Crippen LogP contribution in [-0.4, -0.2) is 65.6 Å². The summed E-state index contributed by atoms with van der Waals surface area (Å²) in [4.78, 5) is 24.7. The summed E-state index contributed by atoms with van der Waals surface area (Å²) in [5, 5.41) is 2.59. The first-order valence-corrected chi connectivity index (χ1v) is 11.6. The third-order valence-corrected chi connectivity index (χ3v) is 6.95. The molecule has 0 aliphatic carbocycles.